The fraction of sp³-hybridized carbons (Fsp3) is 0.391. The van der Waals surface area contributed by atoms with E-state index in [4.69, 9.17) is 24.7 Å². The van der Waals surface area contributed by atoms with E-state index < -0.39 is 17.6 Å². The molecule has 8 nitrogen and oxygen atoms in total. The molecule has 0 unspecified atom stereocenters. The lowest BCUT2D eigenvalue weighted by molar-refractivity contribution is -0.140. The quantitative estimate of drug-likeness (QED) is 0.229. The predicted molar refractivity (Wildman–Crippen MR) is 122 cm³/mol. The number of benzene rings is 2. The molecule has 1 aromatic heterocycles. The molecule has 190 valence electrons. The fourth-order valence-electron chi connectivity index (χ4n) is 3.31. The third-order valence-electron chi connectivity index (χ3n) is 4.89. The second-order valence-electron chi connectivity index (χ2n) is 7.51. The minimum absolute atomic E-state index is 0.203. The number of fused-ring (bicyclic) bond motifs is 1. The van der Waals surface area contributed by atoms with Crippen molar-refractivity contribution < 1.29 is 36.5 Å². The normalized spacial score (nSPS) is 11.6. The topological polar surface area (TPSA) is 101 Å². The van der Waals surface area contributed by atoms with Crippen LogP contribution in [0.15, 0.2) is 24.3 Å². The Balaban J connectivity index is 1.98. The van der Waals surface area contributed by atoms with Gasteiger partial charge in [-0.15, -0.1) is 0 Å². The third kappa shape index (κ3) is 6.61. The fourth-order valence-corrected chi connectivity index (χ4v) is 3.31. The Morgan fingerprint density at radius 3 is 2.14 bits per heavy atom. The first-order chi connectivity index (χ1) is 16.6. The molecule has 0 atom stereocenters. The minimum Gasteiger partial charge on any atom is -0.487 e. The average molecular weight is 498 g/mol. The van der Waals surface area contributed by atoms with E-state index in [2.05, 4.69) is 15.3 Å². The van der Waals surface area contributed by atoms with Crippen molar-refractivity contribution in [2.45, 2.75) is 19.6 Å². The SMILES string of the molecule is COCCOc1cc2nc(C)nc(NCc3cc(N)cc(C(F)(F)F)c3F)c2cc1OCCOC. The highest BCUT2D eigenvalue weighted by atomic mass is 19.4. The lowest BCUT2D eigenvalue weighted by Gasteiger charge is -2.17. The maximum atomic E-state index is 14.6. The van der Waals surface area contributed by atoms with Crippen molar-refractivity contribution >= 4 is 22.4 Å². The molecule has 3 rings (SSSR count). The van der Waals surface area contributed by atoms with E-state index in [0.717, 1.165) is 6.07 Å². The molecule has 1 heterocycles. The Labute approximate surface area is 199 Å². The van der Waals surface area contributed by atoms with Crippen molar-refractivity contribution in [2.24, 2.45) is 0 Å². The zero-order valence-corrected chi connectivity index (χ0v) is 19.5. The number of aryl methyl sites for hydroxylation is 1. The molecular weight excluding hydrogens is 472 g/mol. The number of nitrogens with two attached hydrogens (primary N) is 1. The molecule has 35 heavy (non-hydrogen) atoms. The van der Waals surface area contributed by atoms with Gasteiger partial charge < -0.3 is 30.0 Å². The van der Waals surface area contributed by atoms with Crippen LogP contribution in [0, 0.1) is 12.7 Å². The van der Waals surface area contributed by atoms with Crippen LogP contribution < -0.4 is 20.5 Å². The standard InChI is InChI=1S/C23H26F4N4O4/c1-13-30-18-11-20(35-7-5-33-3)19(34-6-4-32-2)10-16(18)22(31-13)29-12-14-8-15(28)9-17(21(14)24)23(25,26)27/h8-11H,4-7,12,28H2,1-3H3,(H,29,30,31). The first-order valence-electron chi connectivity index (χ1n) is 10.6. The molecule has 0 fully saturated rings. The molecule has 0 radical (unpaired) electrons. The molecule has 3 N–H and O–H groups in total. The van der Waals surface area contributed by atoms with Gasteiger partial charge in [-0.25, -0.2) is 14.4 Å². The van der Waals surface area contributed by atoms with Gasteiger partial charge in [-0.2, -0.15) is 13.2 Å². The molecule has 12 heteroatoms. The van der Waals surface area contributed by atoms with Crippen molar-refractivity contribution in [3.05, 3.63) is 47.0 Å². The van der Waals surface area contributed by atoms with Crippen LogP contribution in [0.5, 0.6) is 11.5 Å². The monoisotopic (exact) mass is 498 g/mol. The molecule has 0 bridgehead atoms. The Bertz CT molecular complexity index is 1170. The van der Waals surface area contributed by atoms with Crippen LogP contribution in [0.3, 0.4) is 0 Å². The summed E-state index contributed by atoms with van der Waals surface area (Å²) in [6.07, 6.45) is -4.87. The molecule has 0 amide bonds. The van der Waals surface area contributed by atoms with Gasteiger partial charge >= 0.3 is 6.18 Å². The highest BCUT2D eigenvalue weighted by Gasteiger charge is 2.35. The van der Waals surface area contributed by atoms with E-state index in [1.54, 1.807) is 26.2 Å². The Hall–Kier alpha value is -3.38. The van der Waals surface area contributed by atoms with Crippen LogP contribution in [0.25, 0.3) is 10.9 Å². The van der Waals surface area contributed by atoms with Crippen LogP contribution in [-0.2, 0) is 22.2 Å². The van der Waals surface area contributed by atoms with Crippen molar-refractivity contribution in [3.8, 4) is 11.5 Å². The number of anilines is 2. The van der Waals surface area contributed by atoms with Crippen LogP contribution in [0.2, 0.25) is 0 Å². The minimum atomic E-state index is -4.87. The van der Waals surface area contributed by atoms with Crippen LogP contribution in [0.1, 0.15) is 17.0 Å². The second-order valence-corrected chi connectivity index (χ2v) is 7.51. The number of nitrogen functional groups attached to an aromatic ring is 1. The molecule has 0 aliphatic rings. The Morgan fingerprint density at radius 2 is 1.54 bits per heavy atom. The van der Waals surface area contributed by atoms with E-state index >= 15 is 0 Å². The number of halogens is 4. The molecule has 0 saturated carbocycles. The molecule has 0 aliphatic carbocycles. The first kappa shape index (κ1) is 26.2. The van der Waals surface area contributed by atoms with Crippen molar-refractivity contribution in [3.63, 3.8) is 0 Å². The van der Waals surface area contributed by atoms with Crippen molar-refractivity contribution in [2.75, 3.05) is 51.7 Å². The first-order valence-corrected chi connectivity index (χ1v) is 10.6. The summed E-state index contributed by atoms with van der Waals surface area (Å²) in [6, 6.07) is 5.02. The maximum Gasteiger partial charge on any atom is 0.419 e. The number of nitrogens with zero attached hydrogens (tertiary/aromatic N) is 2. The zero-order valence-electron chi connectivity index (χ0n) is 19.5. The van der Waals surface area contributed by atoms with E-state index in [9.17, 15) is 17.6 Å². The van der Waals surface area contributed by atoms with Crippen LogP contribution >= 0.6 is 0 Å². The summed E-state index contributed by atoms with van der Waals surface area (Å²) in [5, 5.41) is 3.40. The summed E-state index contributed by atoms with van der Waals surface area (Å²) in [5.74, 6) is 0.0802. The lowest BCUT2D eigenvalue weighted by atomic mass is 10.1. The summed E-state index contributed by atoms with van der Waals surface area (Å²) < 4.78 is 75.7. The second kappa shape index (κ2) is 11.4. The number of ether oxygens (including phenoxy) is 4. The molecule has 0 saturated heterocycles. The zero-order chi connectivity index (χ0) is 25.6. The average Bonchev–Trinajstić information content (AvgIpc) is 2.79. The van der Waals surface area contributed by atoms with E-state index in [1.165, 1.54) is 7.11 Å². The van der Waals surface area contributed by atoms with Gasteiger partial charge in [0.2, 0.25) is 0 Å². The summed E-state index contributed by atoms with van der Waals surface area (Å²) >= 11 is 0. The number of nitrogens with one attached hydrogen (secondary N) is 1. The molecule has 0 spiro atoms. The van der Waals surface area contributed by atoms with Gasteiger partial charge in [0.25, 0.3) is 0 Å². The van der Waals surface area contributed by atoms with Crippen molar-refractivity contribution in [1.82, 2.24) is 9.97 Å². The van der Waals surface area contributed by atoms with Gasteiger partial charge in [-0.1, -0.05) is 0 Å². The summed E-state index contributed by atoms with van der Waals surface area (Å²) in [6.45, 7) is 2.57. The molecular formula is C23H26F4N4O4. The van der Waals surface area contributed by atoms with Gasteiger partial charge in [-0.3, -0.25) is 0 Å². The maximum absolute atomic E-state index is 14.6. The molecule has 2 aromatic carbocycles. The number of alkyl halides is 3. The number of hydrogen-bond donors (Lipinski definition) is 2. The number of aromatic nitrogens is 2. The Morgan fingerprint density at radius 1 is 0.914 bits per heavy atom. The predicted octanol–water partition coefficient (Wildman–Crippen LogP) is 4.34. The van der Waals surface area contributed by atoms with Gasteiger partial charge in [0.05, 0.1) is 24.3 Å². The van der Waals surface area contributed by atoms with E-state index in [0.29, 0.717) is 47.5 Å². The molecule has 3 aromatic rings. The van der Waals surface area contributed by atoms with Gasteiger partial charge in [0, 0.05) is 43.5 Å². The van der Waals surface area contributed by atoms with Gasteiger partial charge in [0.1, 0.15) is 30.7 Å². The lowest BCUT2D eigenvalue weighted by Crippen LogP contribution is -2.13. The van der Waals surface area contributed by atoms with Crippen molar-refractivity contribution in [1.29, 1.82) is 0 Å². The highest BCUT2D eigenvalue weighted by molar-refractivity contribution is 5.91. The highest BCUT2D eigenvalue weighted by Crippen LogP contribution is 2.36. The number of methoxy groups -OCH3 is 2. The summed E-state index contributed by atoms with van der Waals surface area (Å²) in [5.41, 5.74) is 4.20. The third-order valence-corrected chi connectivity index (χ3v) is 4.89. The largest absolute Gasteiger partial charge is 0.487 e. The van der Waals surface area contributed by atoms with Crippen LogP contribution in [0.4, 0.5) is 29.1 Å². The Kier molecular flexibility index (Phi) is 8.52. The smallest absolute Gasteiger partial charge is 0.419 e. The van der Waals surface area contributed by atoms with Gasteiger partial charge in [-0.05, 0) is 25.1 Å². The summed E-state index contributed by atoms with van der Waals surface area (Å²) in [4.78, 5) is 8.75. The van der Waals surface area contributed by atoms with E-state index in [1.807, 2.05) is 0 Å². The summed E-state index contributed by atoms with van der Waals surface area (Å²) in [7, 11) is 3.09. The molecule has 0 aliphatic heterocycles. The number of rotatable bonds is 11. The van der Waals surface area contributed by atoms with Crippen LogP contribution in [-0.4, -0.2) is 50.6 Å². The van der Waals surface area contributed by atoms with Gasteiger partial charge in [0.15, 0.2) is 11.5 Å². The van der Waals surface area contributed by atoms with E-state index in [-0.39, 0.29) is 36.8 Å². The number of hydrogen-bond acceptors (Lipinski definition) is 8.